The normalized spacial score (nSPS) is 13.8. The predicted molar refractivity (Wildman–Crippen MR) is 51.2 cm³/mol. The summed E-state index contributed by atoms with van der Waals surface area (Å²) in [5, 5.41) is 8.83. The number of aliphatic hydroxyl groups excluding tert-OH is 1. The number of rotatable bonds is 4. The second-order valence-electron chi connectivity index (χ2n) is 3.64. The van der Waals surface area contributed by atoms with Gasteiger partial charge in [-0.15, -0.1) is 0 Å². The Kier molecular flexibility index (Phi) is 4.34. The summed E-state index contributed by atoms with van der Waals surface area (Å²) in [6.45, 7) is 7.97. The highest BCUT2D eigenvalue weighted by Gasteiger charge is 2.19. The standard InChI is InChI=1S/C8H18O3Si/c1-7(6-9)8(10-2)11-12(3,4)5/h9H,6H2,1-5H3. The van der Waals surface area contributed by atoms with Crippen LogP contribution >= 0.6 is 0 Å². The van der Waals surface area contributed by atoms with Crippen molar-refractivity contribution in [2.75, 3.05) is 13.7 Å². The average molecular weight is 190 g/mol. The largest absolute Gasteiger partial charge is 0.520 e. The Morgan fingerprint density at radius 1 is 1.33 bits per heavy atom. The number of aliphatic hydroxyl groups is 1. The van der Waals surface area contributed by atoms with E-state index < -0.39 is 8.32 Å². The van der Waals surface area contributed by atoms with Crippen LogP contribution in [0.15, 0.2) is 11.5 Å². The van der Waals surface area contributed by atoms with Crippen LogP contribution in [0.5, 0.6) is 0 Å². The molecule has 0 aromatic heterocycles. The van der Waals surface area contributed by atoms with Gasteiger partial charge in [-0.25, -0.2) is 0 Å². The van der Waals surface area contributed by atoms with E-state index in [4.69, 9.17) is 14.3 Å². The summed E-state index contributed by atoms with van der Waals surface area (Å²) in [6, 6.07) is 0. The van der Waals surface area contributed by atoms with E-state index in [1.807, 2.05) is 0 Å². The zero-order valence-electron chi connectivity index (χ0n) is 8.47. The molecule has 0 aliphatic carbocycles. The van der Waals surface area contributed by atoms with Crippen molar-refractivity contribution in [1.29, 1.82) is 0 Å². The van der Waals surface area contributed by atoms with E-state index in [-0.39, 0.29) is 6.61 Å². The molecule has 0 rings (SSSR count). The lowest BCUT2D eigenvalue weighted by atomic mass is 10.3. The molecule has 0 aliphatic rings. The first-order chi connectivity index (χ1) is 5.40. The molecule has 0 unspecified atom stereocenters. The fourth-order valence-corrected chi connectivity index (χ4v) is 1.46. The molecule has 0 heterocycles. The number of hydrogen-bond acceptors (Lipinski definition) is 3. The predicted octanol–water partition coefficient (Wildman–Crippen LogP) is 1.71. The molecule has 0 saturated heterocycles. The number of hydrogen-bond donors (Lipinski definition) is 1. The lowest BCUT2D eigenvalue weighted by molar-refractivity contribution is 0.136. The second kappa shape index (κ2) is 4.52. The fraction of sp³-hybridized carbons (Fsp3) is 0.750. The van der Waals surface area contributed by atoms with Gasteiger partial charge in [0, 0.05) is 5.57 Å². The van der Waals surface area contributed by atoms with Crippen molar-refractivity contribution in [2.45, 2.75) is 26.6 Å². The van der Waals surface area contributed by atoms with Crippen LogP contribution in [0.2, 0.25) is 19.6 Å². The smallest absolute Gasteiger partial charge is 0.266 e. The Balaban J connectivity index is 4.38. The third-order valence-corrected chi connectivity index (χ3v) is 1.97. The highest BCUT2D eigenvalue weighted by atomic mass is 28.4. The van der Waals surface area contributed by atoms with Crippen LogP contribution in [0.4, 0.5) is 0 Å². The van der Waals surface area contributed by atoms with Gasteiger partial charge in [0.25, 0.3) is 5.95 Å². The Morgan fingerprint density at radius 2 is 1.83 bits per heavy atom. The lowest BCUT2D eigenvalue weighted by Crippen LogP contribution is -2.26. The quantitative estimate of drug-likeness (QED) is 0.542. The maximum absolute atomic E-state index is 8.83. The second-order valence-corrected chi connectivity index (χ2v) is 8.07. The van der Waals surface area contributed by atoms with E-state index >= 15 is 0 Å². The van der Waals surface area contributed by atoms with Crippen molar-refractivity contribution < 1.29 is 14.3 Å². The van der Waals surface area contributed by atoms with Crippen molar-refractivity contribution in [3.05, 3.63) is 11.5 Å². The Bertz CT molecular complexity index is 170. The van der Waals surface area contributed by atoms with Gasteiger partial charge >= 0.3 is 0 Å². The summed E-state index contributed by atoms with van der Waals surface area (Å²) in [4.78, 5) is 0. The monoisotopic (exact) mass is 190 g/mol. The van der Waals surface area contributed by atoms with Crippen molar-refractivity contribution in [3.8, 4) is 0 Å². The summed E-state index contributed by atoms with van der Waals surface area (Å²) in [7, 11) is -0.0641. The first-order valence-corrected chi connectivity index (χ1v) is 7.35. The van der Waals surface area contributed by atoms with Crippen LogP contribution in [0.25, 0.3) is 0 Å². The molecule has 0 aromatic rings. The van der Waals surface area contributed by atoms with Crippen molar-refractivity contribution in [3.63, 3.8) is 0 Å². The van der Waals surface area contributed by atoms with Crippen molar-refractivity contribution >= 4 is 8.32 Å². The molecule has 0 aliphatic heterocycles. The molecule has 0 radical (unpaired) electrons. The molecule has 72 valence electrons. The van der Waals surface area contributed by atoms with E-state index in [2.05, 4.69) is 19.6 Å². The van der Waals surface area contributed by atoms with Gasteiger partial charge < -0.3 is 14.3 Å². The average Bonchev–Trinajstić information content (AvgIpc) is 1.97. The molecule has 4 heteroatoms. The molecule has 0 amide bonds. The SMILES string of the molecule is COC(O[Si](C)(C)C)=C(C)CO. The molecular formula is C8H18O3Si. The van der Waals surface area contributed by atoms with Gasteiger partial charge in [0.15, 0.2) is 0 Å². The van der Waals surface area contributed by atoms with E-state index in [1.54, 1.807) is 14.0 Å². The molecule has 0 bridgehead atoms. The maximum Gasteiger partial charge on any atom is 0.266 e. The number of ether oxygens (including phenoxy) is 1. The van der Waals surface area contributed by atoms with Gasteiger partial charge in [-0.1, -0.05) is 0 Å². The Labute approximate surface area is 75.1 Å². The van der Waals surface area contributed by atoms with E-state index in [0.717, 1.165) is 5.57 Å². The minimum atomic E-state index is -1.61. The first kappa shape index (κ1) is 11.5. The van der Waals surface area contributed by atoms with Crippen LogP contribution < -0.4 is 0 Å². The summed E-state index contributed by atoms with van der Waals surface area (Å²) < 4.78 is 10.6. The molecule has 0 aromatic carbocycles. The first-order valence-electron chi connectivity index (χ1n) is 3.94. The van der Waals surface area contributed by atoms with Gasteiger partial charge in [-0.05, 0) is 26.6 Å². The molecule has 1 N–H and O–H groups in total. The summed E-state index contributed by atoms with van der Waals surface area (Å²) in [5.74, 6) is 0.469. The summed E-state index contributed by atoms with van der Waals surface area (Å²) in [6.07, 6.45) is 0. The van der Waals surface area contributed by atoms with Crippen LogP contribution in [-0.4, -0.2) is 27.1 Å². The minimum Gasteiger partial charge on any atom is -0.520 e. The highest BCUT2D eigenvalue weighted by Crippen LogP contribution is 2.14. The third kappa shape index (κ3) is 4.41. The zero-order valence-corrected chi connectivity index (χ0v) is 9.47. The Hall–Kier alpha value is -0.483. The molecule has 0 spiro atoms. The minimum absolute atomic E-state index is 0.0202. The van der Waals surface area contributed by atoms with Gasteiger partial charge in [0.05, 0.1) is 13.7 Å². The van der Waals surface area contributed by atoms with Gasteiger partial charge in [-0.3, -0.25) is 0 Å². The maximum atomic E-state index is 8.83. The van der Waals surface area contributed by atoms with Crippen LogP contribution in [-0.2, 0) is 9.16 Å². The van der Waals surface area contributed by atoms with Crippen LogP contribution in [0.1, 0.15) is 6.92 Å². The highest BCUT2D eigenvalue weighted by molar-refractivity contribution is 6.70. The van der Waals surface area contributed by atoms with E-state index in [1.165, 1.54) is 0 Å². The van der Waals surface area contributed by atoms with Crippen molar-refractivity contribution in [1.82, 2.24) is 0 Å². The number of methoxy groups -OCH3 is 1. The topological polar surface area (TPSA) is 38.7 Å². The molecule has 0 saturated carbocycles. The summed E-state index contributed by atoms with van der Waals surface area (Å²) in [5.41, 5.74) is 0.736. The zero-order chi connectivity index (χ0) is 9.78. The van der Waals surface area contributed by atoms with Crippen LogP contribution in [0, 0.1) is 0 Å². The van der Waals surface area contributed by atoms with Crippen LogP contribution in [0.3, 0.4) is 0 Å². The summed E-state index contributed by atoms with van der Waals surface area (Å²) >= 11 is 0. The van der Waals surface area contributed by atoms with Gasteiger partial charge in [0.2, 0.25) is 8.32 Å². The van der Waals surface area contributed by atoms with E-state index in [0.29, 0.717) is 5.95 Å². The van der Waals surface area contributed by atoms with Gasteiger partial charge in [-0.2, -0.15) is 0 Å². The molecule has 3 nitrogen and oxygen atoms in total. The van der Waals surface area contributed by atoms with Gasteiger partial charge in [0.1, 0.15) is 0 Å². The Morgan fingerprint density at radius 3 is 2.08 bits per heavy atom. The molecule has 0 atom stereocenters. The van der Waals surface area contributed by atoms with Crippen molar-refractivity contribution in [2.24, 2.45) is 0 Å². The molecule has 12 heavy (non-hydrogen) atoms. The third-order valence-electron chi connectivity index (χ3n) is 1.17. The van der Waals surface area contributed by atoms with E-state index in [9.17, 15) is 0 Å². The lowest BCUT2D eigenvalue weighted by Gasteiger charge is -2.21. The fourth-order valence-electron chi connectivity index (χ4n) is 0.646. The molecule has 0 fully saturated rings. The molecular weight excluding hydrogens is 172 g/mol.